The molecule has 0 atom stereocenters. The summed E-state index contributed by atoms with van der Waals surface area (Å²) >= 11 is 1.77. The molecule has 3 aromatic rings. The monoisotopic (exact) mass is 476 g/mol. The molecule has 1 saturated heterocycles. The minimum Gasteiger partial charge on any atom is -0.493 e. The van der Waals surface area contributed by atoms with Crippen LogP contribution in [0.15, 0.2) is 18.2 Å². The number of aromatic nitrogens is 2. The Kier molecular flexibility index (Phi) is 6.57. The zero-order valence-corrected chi connectivity index (χ0v) is 19.2. The maximum Gasteiger partial charge on any atom is 0.387 e. The summed E-state index contributed by atoms with van der Waals surface area (Å²) in [5.74, 6) is 1.91. The minimum atomic E-state index is -2.90. The molecular weight excluding hydrogens is 450 g/mol. The predicted molar refractivity (Wildman–Crippen MR) is 122 cm³/mol. The number of anilines is 1. The molecule has 0 radical (unpaired) electrons. The van der Waals surface area contributed by atoms with E-state index in [2.05, 4.69) is 15.0 Å². The highest BCUT2D eigenvalue weighted by Crippen LogP contribution is 2.40. The third-order valence-electron chi connectivity index (χ3n) is 5.98. The molecule has 7 nitrogen and oxygen atoms in total. The van der Waals surface area contributed by atoms with Gasteiger partial charge in [-0.25, -0.2) is 9.97 Å². The predicted octanol–water partition coefficient (Wildman–Crippen LogP) is 4.23. The molecule has 3 heterocycles. The summed E-state index contributed by atoms with van der Waals surface area (Å²) < 4.78 is 40.5. The first-order valence-electron chi connectivity index (χ1n) is 11.1. The van der Waals surface area contributed by atoms with Crippen LogP contribution < -0.4 is 14.8 Å². The zero-order valence-electron chi connectivity index (χ0n) is 18.4. The van der Waals surface area contributed by atoms with Crippen LogP contribution in [0.25, 0.3) is 10.2 Å². The van der Waals surface area contributed by atoms with E-state index in [-0.39, 0.29) is 11.5 Å². The third kappa shape index (κ3) is 4.87. The highest BCUT2D eigenvalue weighted by atomic mass is 32.1. The summed E-state index contributed by atoms with van der Waals surface area (Å²) in [6, 6.07) is 4.96. The van der Waals surface area contributed by atoms with Crippen molar-refractivity contribution in [2.75, 3.05) is 38.7 Å². The van der Waals surface area contributed by atoms with Crippen LogP contribution in [0.3, 0.4) is 0 Å². The van der Waals surface area contributed by atoms with Crippen molar-refractivity contribution in [1.29, 1.82) is 0 Å². The van der Waals surface area contributed by atoms with Crippen LogP contribution >= 0.6 is 11.3 Å². The van der Waals surface area contributed by atoms with Gasteiger partial charge in [-0.1, -0.05) is 6.07 Å². The SMILES string of the molecule is COc1cc(CNc2nc(CN3CCOCC3)nc3sc4c(c23)CCC4)ccc1OC(F)F. The lowest BCUT2D eigenvalue weighted by atomic mass is 10.1. The van der Waals surface area contributed by atoms with Crippen molar-refractivity contribution in [1.82, 2.24) is 14.9 Å². The van der Waals surface area contributed by atoms with Gasteiger partial charge in [0.05, 0.1) is 32.3 Å². The number of alkyl halides is 2. The smallest absolute Gasteiger partial charge is 0.387 e. The van der Waals surface area contributed by atoms with E-state index in [1.165, 1.54) is 23.6 Å². The normalized spacial score (nSPS) is 16.4. The van der Waals surface area contributed by atoms with Crippen LogP contribution in [0.1, 0.15) is 28.2 Å². The number of morpholine rings is 1. The molecule has 10 heteroatoms. The molecule has 33 heavy (non-hydrogen) atoms. The second kappa shape index (κ2) is 9.74. The van der Waals surface area contributed by atoms with Gasteiger partial charge in [0.15, 0.2) is 11.5 Å². The van der Waals surface area contributed by atoms with Gasteiger partial charge in [-0.15, -0.1) is 11.3 Å². The van der Waals surface area contributed by atoms with Crippen molar-refractivity contribution in [2.45, 2.75) is 39.0 Å². The quantitative estimate of drug-likeness (QED) is 0.522. The molecule has 5 rings (SSSR count). The summed E-state index contributed by atoms with van der Waals surface area (Å²) in [4.78, 5) is 14.5. The fraction of sp³-hybridized carbons (Fsp3) is 0.478. The van der Waals surface area contributed by atoms with Crippen molar-refractivity contribution in [2.24, 2.45) is 0 Å². The molecule has 1 aromatic carbocycles. The first-order valence-corrected chi connectivity index (χ1v) is 11.9. The Morgan fingerprint density at radius 3 is 2.82 bits per heavy atom. The van der Waals surface area contributed by atoms with E-state index in [9.17, 15) is 8.78 Å². The Morgan fingerprint density at radius 2 is 2.03 bits per heavy atom. The first kappa shape index (κ1) is 22.2. The van der Waals surface area contributed by atoms with Gasteiger partial charge < -0.3 is 19.5 Å². The Balaban J connectivity index is 1.41. The number of nitrogens with zero attached hydrogens (tertiary/aromatic N) is 3. The molecule has 2 aromatic heterocycles. The molecule has 0 amide bonds. The Bertz CT molecular complexity index is 1130. The van der Waals surface area contributed by atoms with Crippen LogP contribution in [0.5, 0.6) is 11.5 Å². The van der Waals surface area contributed by atoms with Crippen molar-refractivity contribution >= 4 is 27.4 Å². The van der Waals surface area contributed by atoms with Gasteiger partial charge >= 0.3 is 6.61 Å². The standard InChI is InChI=1S/C23H26F2N4O3S/c1-30-17-11-14(5-6-16(17)32-23(24)25)12-26-21-20-15-3-2-4-18(15)33-22(20)28-19(27-21)13-29-7-9-31-10-8-29/h5-6,11,23H,2-4,7-10,12-13H2,1H3,(H,26,27,28). The van der Waals surface area contributed by atoms with E-state index in [1.54, 1.807) is 23.5 Å². The van der Waals surface area contributed by atoms with E-state index in [0.717, 1.165) is 73.0 Å². The van der Waals surface area contributed by atoms with Gasteiger partial charge in [-0.3, -0.25) is 4.90 Å². The highest BCUT2D eigenvalue weighted by molar-refractivity contribution is 7.19. The van der Waals surface area contributed by atoms with Crippen LogP contribution in [-0.4, -0.2) is 54.9 Å². The van der Waals surface area contributed by atoms with Crippen molar-refractivity contribution in [3.63, 3.8) is 0 Å². The number of thiophene rings is 1. The largest absolute Gasteiger partial charge is 0.493 e. The number of methoxy groups -OCH3 is 1. The second-order valence-electron chi connectivity index (χ2n) is 8.13. The molecule has 0 bridgehead atoms. The second-order valence-corrected chi connectivity index (χ2v) is 9.22. The zero-order chi connectivity index (χ0) is 22.8. The Morgan fingerprint density at radius 1 is 1.18 bits per heavy atom. The van der Waals surface area contributed by atoms with Gasteiger partial charge in [0, 0.05) is 24.5 Å². The van der Waals surface area contributed by atoms with E-state index in [0.29, 0.717) is 13.1 Å². The van der Waals surface area contributed by atoms with Crippen molar-refractivity contribution in [3.05, 3.63) is 40.0 Å². The van der Waals surface area contributed by atoms with Crippen LogP contribution in [-0.2, 0) is 30.7 Å². The summed E-state index contributed by atoms with van der Waals surface area (Å²) in [5, 5.41) is 4.59. The van der Waals surface area contributed by atoms with Gasteiger partial charge in [0.25, 0.3) is 0 Å². The fourth-order valence-electron chi connectivity index (χ4n) is 4.40. The number of nitrogens with one attached hydrogen (secondary N) is 1. The number of rotatable bonds is 8. The molecule has 0 saturated carbocycles. The van der Waals surface area contributed by atoms with E-state index in [4.69, 9.17) is 19.4 Å². The minimum absolute atomic E-state index is 0.0177. The lowest BCUT2D eigenvalue weighted by Crippen LogP contribution is -2.36. The molecule has 176 valence electrons. The molecule has 2 aliphatic rings. The molecule has 0 spiro atoms. The van der Waals surface area contributed by atoms with E-state index < -0.39 is 6.61 Å². The molecule has 0 unspecified atom stereocenters. The lowest BCUT2D eigenvalue weighted by molar-refractivity contribution is -0.0512. The molecule has 1 aliphatic heterocycles. The number of hydrogen-bond donors (Lipinski definition) is 1. The average Bonchev–Trinajstić information content (AvgIpc) is 3.39. The van der Waals surface area contributed by atoms with Gasteiger partial charge in [0.2, 0.25) is 0 Å². The highest BCUT2D eigenvalue weighted by Gasteiger charge is 2.23. The van der Waals surface area contributed by atoms with E-state index in [1.807, 2.05) is 0 Å². The maximum absolute atomic E-state index is 12.6. The van der Waals surface area contributed by atoms with Gasteiger partial charge in [-0.05, 0) is 42.5 Å². The number of fused-ring (bicyclic) bond motifs is 3. The maximum atomic E-state index is 12.6. The first-order chi connectivity index (χ1) is 16.1. The third-order valence-corrected chi connectivity index (χ3v) is 7.17. The van der Waals surface area contributed by atoms with Crippen LogP contribution in [0.4, 0.5) is 14.6 Å². The molecule has 1 N–H and O–H groups in total. The number of aryl methyl sites for hydroxylation is 2. The number of halogens is 2. The molecular formula is C23H26F2N4O3S. The fourth-order valence-corrected chi connectivity index (χ4v) is 5.68. The Labute approximate surface area is 194 Å². The van der Waals surface area contributed by atoms with Gasteiger partial charge in [0.1, 0.15) is 16.5 Å². The number of ether oxygens (including phenoxy) is 3. The summed E-state index contributed by atoms with van der Waals surface area (Å²) in [6.07, 6.45) is 3.30. The van der Waals surface area contributed by atoms with E-state index >= 15 is 0 Å². The number of hydrogen-bond acceptors (Lipinski definition) is 8. The van der Waals surface area contributed by atoms with Crippen molar-refractivity contribution in [3.8, 4) is 11.5 Å². The molecule has 1 fully saturated rings. The topological polar surface area (TPSA) is 68.7 Å². The summed E-state index contributed by atoms with van der Waals surface area (Å²) in [5.41, 5.74) is 2.23. The summed E-state index contributed by atoms with van der Waals surface area (Å²) in [6.45, 7) is 1.46. The van der Waals surface area contributed by atoms with Crippen LogP contribution in [0, 0.1) is 0 Å². The van der Waals surface area contributed by atoms with Crippen LogP contribution in [0.2, 0.25) is 0 Å². The lowest BCUT2D eigenvalue weighted by Gasteiger charge is -2.25. The van der Waals surface area contributed by atoms with Crippen molar-refractivity contribution < 1.29 is 23.0 Å². The summed E-state index contributed by atoms with van der Waals surface area (Å²) in [7, 11) is 1.44. The van der Waals surface area contributed by atoms with Gasteiger partial charge in [-0.2, -0.15) is 8.78 Å². The molecule has 1 aliphatic carbocycles. The number of benzene rings is 1. The Hall–Kier alpha value is -2.56. The average molecular weight is 477 g/mol.